The normalized spacial score (nSPS) is 17.9. The molecular formula is C23H31ClN4OS. The molecule has 0 aliphatic carbocycles. The second-order valence-electron chi connectivity index (χ2n) is 9.22. The number of pyridine rings is 1. The van der Waals surface area contributed by atoms with Gasteiger partial charge in [0.15, 0.2) is 5.11 Å². The average molecular weight is 447 g/mol. The summed E-state index contributed by atoms with van der Waals surface area (Å²) in [5.41, 5.74) is 1.89. The van der Waals surface area contributed by atoms with E-state index in [0.717, 1.165) is 24.1 Å². The topological polar surface area (TPSA) is 49.4 Å². The number of aromatic nitrogens is 1. The lowest BCUT2D eigenvalue weighted by Crippen LogP contribution is -2.63. The maximum Gasteiger partial charge on any atom is 0.174 e. The van der Waals surface area contributed by atoms with E-state index in [9.17, 15) is 0 Å². The van der Waals surface area contributed by atoms with Crippen LogP contribution in [-0.4, -0.2) is 39.2 Å². The van der Waals surface area contributed by atoms with E-state index in [1.165, 1.54) is 0 Å². The van der Waals surface area contributed by atoms with E-state index in [0.29, 0.717) is 22.4 Å². The van der Waals surface area contributed by atoms with Crippen molar-refractivity contribution in [3.63, 3.8) is 0 Å². The van der Waals surface area contributed by atoms with Crippen LogP contribution in [0.4, 0.5) is 5.69 Å². The fourth-order valence-electron chi connectivity index (χ4n) is 4.51. The van der Waals surface area contributed by atoms with Crippen molar-refractivity contribution in [3.05, 3.63) is 53.3 Å². The van der Waals surface area contributed by atoms with Crippen LogP contribution < -0.4 is 15.4 Å². The van der Waals surface area contributed by atoms with Gasteiger partial charge in [-0.2, -0.15) is 0 Å². The number of nitrogens with zero attached hydrogens (tertiary/aromatic N) is 2. The highest BCUT2D eigenvalue weighted by atomic mass is 35.5. The first kappa shape index (κ1) is 22.8. The lowest BCUT2D eigenvalue weighted by atomic mass is 9.79. The maximum absolute atomic E-state index is 6.22. The number of hydrogen-bond donors (Lipinski definition) is 2. The molecule has 0 atom stereocenters. The number of nitrogens with one attached hydrogen (secondary N) is 2. The number of ether oxygens (including phenoxy) is 1. The van der Waals surface area contributed by atoms with Gasteiger partial charge in [-0.25, -0.2) is 0 Å². The third-order valence-electron chi connectivity index (χ3n) is 5.35. The van der Waals surface area contributed by atoms with Gasteiger partial charge >= 0.3 is 0 Å². The van der Waals surface area contributed by atoms with Crippen molar-refractivity contribution in [3.8, 4) is 5.75 Å². The van der Waals surface area contributed by atoms with Crippen LogP contribution in [-0.2, 0) is 6.54 Å². The number of benzene rings is 1. The molecule has 0 bridgehead atoms. The van der Waals surface area contributed by atoms with Gasteiger partial charge in [0.05, 0.1) is 12.8 Å². The van der Waals surface area contributed by atoms with Crippen LogP contribution in [0.1, 0.15) is 46.1 Å². The van der Waals surface area contributed by atoms with Gasteiger partial charge in [0, 0.05) is 41.1 Å². The van der Waals surface area contributed by atoms with Crippen molar-refractivity contribution < 1.29 is 4.74 Å². The summed E-state index contributed by atoms with van der Waals surface area (Å²) in [6.45, 7) is 9.68. The predicted molar refractivity (Wildman–Crippen MR) is 128 cm³/mol. The summed E-state index contributed by atoms with van der Waals surface area (Å²) in [5, 5.41) is 8.42. The Labute approximate surface area is 190 Å². The number of hydrogen-bond acceptors (Lipinski definition) is 4. The molecule has 7 heteroatoms. The summed E-state index contributed by atoms with van der Waals surface area (Å²) >= 11 is 12.1. The summed E-state index contributed by atoms with van der Waals surface area (Å²) in [6.07, 6.45) is 5.64. The van der Waals surface area contributed by atoms with Crippen LogP contribution in [0.3, 0.4) is 0 Å². The van der Waals surface area contributed by atoms with Gasteiger partial charge in [0.1, 0.15) is 5.75 Å². The monoisotopic (exact) mass is 446 g/mol. The number of methoxy groups -OCH3 is 1. The Morgan fingerprint density at radius 1 is 1.27 bits per heavy atom. The third kappa shape index (κ3) is 5.84. The minimum atomic E-state index is 0.00294. The first-order valence-corrected chi connectivity index (χ1v) is 11.0. The number of piperidine rings is 1. The third-order valence-corrected chi connectivity index (χ3v) is 5.92. The van der Waals surface area contributed by atoms with Gasteiger partial charge in [-0.15, -0.1) is 0 Å². The highest BCUT2D eigenvalue weighted by molar-refractivity contribution is 7.80. The number of rotatable bonds is 5. The van der Waals surface area contributed by atoms with Gasteiger partial charge < -0.3 is 20.3 Å². The van der Waals surface area contributed by atoms with Crippen LogP contribution in [0.5, 0.6) is 5.75 Å². The Morgan fingerprint density at radius 2 is 1.97 bits per heavy atom. The van der Waals surface area contributed by atoms with Crippen LogP contribution >= 0.6 is 23.8 Å². The lowest BCUT2D eigenvalue weighted by Gasteiger charge is -2.50. The standard InChI is InChI=1S/C23H31ClN4OS/c1-22(2)12-18(13-23(3,4)27-22)28(15-16-7-6-10-25-14-16)21(30)26-19-11-17(24)8-9-20(19)29-5/h6-11,14,18,27H,12-13,15H2,1-5H3,(H,26,30). The Hall–Kier alpha value is -1.89. The zero-order chi connectivity index (χ0) is 21.9. The van der Waals surface area contributed by atoms with Gasteiger partial charge in [-0.3, -0.25) is 4.98 Å². The second-order valence-corrected chi connectivity index (χ2v) is 10.0. The zero-order valence-electron chi connectivity index (χ0n) is 18.3. The van der Waals surface area contributed by atoms with E-state index in [2.05, 4.69) is 54.3 Å². The Balaban J connectivity index is 1.91. The molecule has 1 saturated heterocycles. The lowest BCUT2D eigenvalue weighted by molar-refractivity contribution is 0.101. The molecule has 5 nitrogen and oxygen atoms in total. The van der Waals surface area contributed by atoms with E-state index in [-0.39, 0.29) is 17.1 Å². The summed E-state index contributed by atoms with van der Waals surface area (Å²) in [4.78, 5) is 6.56. The van der Waals surface area contributed by atoms with Crippen molar-refractivity contribution in [2.24, 2.45) is 0 Å². The maximum atomic E-state index is 6.22. The van der Waals surface area contributed by atoms with Crippen molar-refractivity contribution in [2.75, 3.05) is 12.4 Å². The van der Waals surface area contributed by atoms with Crippen molar-refractivity contribution in [1.82, 2.24) is 15.2 Å². The molecule has 1 aliphatic heterocycles. The molecule has 2 N–H and O–H groups in total. The molecule has 1 aliphatic rings. The first-order chi connectivity index (χ1) is 14.1. The molecule has 0 radical (unpaired) electrons. The fraction of sp³-hybridized carbons (Fsp3) is 0.478. The molecule has 2 aromatic rings. The van der Waals surface area contributed by atoms with Crippen molar-refractivity contribution >= 4 is 34.6 Å². The SMILES string of the molecule is COc1ccc(Cl)cc1NC(=S)N(Cc1cccnc1)C1CC(C)(C)NC(C)(C)C1. The molecule has 0 unspecified atom stereocenters. The Bertz CT molecular complexity index is 872. The molecule has 2 heterocycles. The van der Waals surface area contributed by atoms with Gasteiger partial charge in [-0.1, -0.05) is 17.7 Å². The average Bonchev–Trinajstić information content (AvgIpc) is 2.64. The highest BCUT2D eigenvalue weighted by Gasteiger charge is 2.40. The zero-order valence-corrected chi connectivity index (χ0v) is 19.9. The largest absolute Gasteiger partial charge is 0.495 e. The second kappa shape index (κ2) is 9.08. The summed E-state index contributed by atoms with van der Waals surface area (Å²) in [6, 6.07) is 9.79. The van der Waals surface area contributed by atoms with E-state index < -0.39 is 0 Å². The van der Waals surface area contributed by atoms with E-state index in [4.69, 9.17) is 28.6 Å². The molecule has 3 rings (SSSR count). The summed E-state index contributed by atoms with van der Waals surface area (Å²) in [5.74, 6) is 0.703. The Kier molecular flexibility index (Phi) is 6.90. The molecule has 1 aromatic carbocycles. The number of anilines is 1. The first-order valence-electron chi connectivity index (χ1n) is 10.2. The number of halogens is 1. The Morgan fingerprint density at radius 3 is 2.57 bits per heavy atom. The van der Waals surface area contributed by atoms with Crippen molar-refractivity contribution in [1.29, 1.82) is 0 Å². The number of thiocarbonyl (C=S) groups is 1. The highest BCUT2D eigenvalue weighted by Crippen LogP contribution is 2.34. The quantitative estimate of drug-likeness (QED) is 0.611. The van der Waals surface area contributed by atoms with Crippen LogP contribution in [0, 0.1) is 0 Å². The van der Waals surface area contributed by atoms with Crippen LogP contribution in [0.25, 0.3) is 0 Å². The molecule has 0 spiro atoms. The molecule has 30 heavy (non-hydrogen) atoms. The summed E-state index contributed by atoms with van der Waals surface area (Å²) < 4.78 is 5.49. The van der Waals surface area contributed by atoms with Crippen LogP contribution in [0.2, 0.25) is 5.02 Å². The van der Waals surface area contributed by atoms with Gasteiger partial charge in [-0.05, 0) is 82.6 Å². The van der Waals surface area contributed by atoms with Gasteiger partial charge in [0.2, 0.25) is 0 Å². The summed E-state index contributed by atoms with van der Waals surface area (Å²) in [7, 11) is 1.64. The predicted octanol–water partition coefficient (Wildman–Crippen LogP) is 5.25. The van der Waals surface area contributed by atoms with E-state index in [1.54, 1.807) is 19.4 Å². The molecule has 1 aromatic heterocycles. The molecule has 162 valence electrons. The minimum absolute atomic E-state index is 0.00294. The molecule has 0 saturated carbocycles. The fourth-order valence-corrected chi connectivity index (χ4v) is 5.00. The molecule has 1 fully saturated rings. The van der Waals surface area contributed by atoms with E-state index >= 15 is 0 Å². The van der Waals surface area contributed by atoms with Crippen LogP contribution in [0.15, 0.2) is 42.7 Å². The molecular weight excluding hydrogens is 416 g/mol. The van der Waals surface area contributed by atoms with E-state index in [1.807, 2.05) is 24.4 Å². The van der Waals surface area contributed by atoms with Gasteiger partial charge in [0.25, 0.3) is 0 Å². The minimum Gasteiger partial charge on any atom is -0.495 e. The van der Waals surface area contributed by atoms with Crippen molar-refractivity contribution in [2.45, 2.75) is 64.2 Å². The molecule has 0 amide bonds. The smallest absolute Gasteiger partial charge is 0.174 e.